The molecule has 1 fully saturated rings. The molecule has 0 spiro atoms. The topological polar surface area (TPSA) is 83.5 Å². The molecule has 0 saturated heterocycles. The van der Waals surface area contributed by atoms with Crippen LogP contribution in [0.4, 0.5) is 0 Å². The maximum Gasteiger partial charge on any atom is 0.306 e. The van der Waals surface area contributed by atoms with Gasteiger partial charge in [0.25, 0.3) is 0 Å². The number of aryl methyl sites for hydroxylation is 1. The zero-order valence-corrected chi connectivity index (χ0v) is 12.2. The fourth-order valence-electron chi connectivity index (χ4n) is 2.66. The number of sulfonamides is 1. The third kappa shape index (κ3) is 3.37. The Morgan fingerprint density at radius 3 is 2.65 bits per heavy atom. The van der Waals surface area contributed by atoms with E-state index in [2.05, 4.69) is 4.72 Å². The van der Waals surface area contributed by atoms with E-state index in [-0.39, 0.29) is 10.9 Å². The molecule has 1 aromatic rings. The monoisotopic (exact) mass is 297 g/mol. The minimum absolute atomic E-state index is 0.262. The van der Waals surface area contributed by atoms with E-state index in [0.29, 0.717) is 24.8 Å². The summed E-state index contributed by atoms with van der Waals surface area (Å²) in [7, 11) is -3.58. The highest BCUT2D eigenvalue weighted by atomic mass is 32.2. The Bertz CT molecular complexity index is 597. The van der Waals surface area contributed by atoms with Crippen molar-refractivity contribution in [3.05, 3.63) is 29.8 Å². The molecule has 6 heteroatoms. The highest BCUT2D eigenvalue weighted by Crippen LogP contribution is 2.26. The highest BCUT2D eigenvalue weighted by Gasteiger charge is 2.30. The summed E-state index contributed by atoms with van der Waals surface area (Å²) in [5.74, 6) is -1.29. The molecule has 2 rings (SSSR count). The van der Waals surface area contributed by atoms with Crippen LogP contribution in [0.5, 0.6) is 0 Å². The van der Waals surface area contributed by atoms with Crippen LogP contribution >= 0.6 is 0 Å². The van der Waals surface area contributed by atoms with E-state index >= 15 is 0 Å². The lowest BCUT2D eigenvalue weighted by atomic mass is 9.86. The fraction of sp³-hybridized carbons (Fsp3) is 0.500. The fourth-order valence-corrected chi connectivity index (χ4v) is 4.19. The summed E-state index contributed by atoms with van der Waals surface area (Å²) in [4.78, 5) is 11.3. The quantitative estimate of drug-likeness (QED) is 0.889. The summed E-state index contributed by atoms with van der Waals surface area (Å²) in [6, 6.07) is 6.48. The van der Waals surface area contributed by atoms with Gasteiger partial charge in [-0.2, -0.15) is 0 Å². The Morgan fingerprint density at radius 2 is 2.00 bits per heavy atom. The lowest BCUT2D eigenvalue weighted by molar-refractivity contribution is -0.143. The second kappa shape index (κ2) is 5.93. The van der Waals surface area contributed by atoms with Crippen molar-refractivity contribution in [2.24, 2.45) is 5.92 Å². The molecule has 2 atom stereocenters. The summed E-state index contributed by atoms with van der Waals surface area (Å²) >= 11 is 0. The number of rotatable bonds is 4. The van der Waals surface area contributed by atoms with Gasteiger partial charge in [-0.1, -0.05) is 24.6 Å². The molecule has 0 bridgehead atoms. The number of carboxylic acids is 1. The smallest absolute Gasteiger partial charge is 0.306 e. The number of carbonyl (C=O) groups is 1. The standard InChI is InChI=1S/C14H19NO4S/c1-10-5-2-3-8-13(10)20(18,19)15-12-7-4-6-11(9-12)14(16)17/h2-3,5,8,11-12,15H,4,6-7,9H2,1H3,(H,16,17). The second-order valence-electron chi connectivity index (χ2n) is 5.29. The third-order valence-corrected chi connectivity index (χ3v) is 5.41. The van der Waals surface area contributed by atoms with Crippen LogP contribution in [0.2, 0.25) is 0 Å². The SMILES string of the molecule is Cc1ccccc1S(=O)(=O)NC1CCCC(C(=O)O)C1. The van der Waals surface area contributed by atoms with E-state index in [0.717, 1.165) is 6.42 Å². The predicted molar refractivity (Wildman–Crippen MR) is 74.9 cm³/mol. The van der Waals surface area contributed by atoms with Crippen LogP contribution in [0, 0.1) is 12.8 Å². The summed E-state index contributed by atoms with van der Waals surface area (Å²) in [6.45, 7) is 1.75. The van der Waals surface area contributed by atoms with E-state index < -0.39 is 21.9 Å². The zero-order valence-electron chi connectivity index (χ0n) is 11.4. The Morgan fingerprint density at radius 1 is 1.30 bits per heavy atom. The first-order valence-corrected chi connectivity index (χ1v) is 8.19. The van der Waals surface area contributed by atoms with Crippen LogP contribution in [-0.4, -0.2) is 25.5 Å². The van der Waals surface area contributed by atoms with Gasteiger partial charge in [-0.3, -0.25) is 4.79 Å². The largest absolute Gasteiger partial charge is 0.481 e. The summed E-state index contributed by atoms with van der Waals surface area (Å²) < 4.78 is 27.3. The van der Waals surface area contributed by atoms with E-state index in [9.17, 15) is 13.2 Å². The van der Waals surface area contributed by atoms with E-state index in [1.165, 1.54) is 0 Å². The van der Waals surface area contributed by atoms with Gasteiger partial charge in [0.15, 0.2) is 0 Å². The number of carboxylic acid groups (broad SMARTS) is 1. The number of hydrogen-bond acceptors (Lipinski definition) is 3. The molecular weight excluding hydrogens is 278 g/mol. The molecule has 2 unspecified atom stereocenters. The predicted octanol–water partition coefficient (Wildman–Crippen LogP) is 1.92. The molecule has 110 valence electrons. The first-order chi connectivity index (χ1) is 9.40. The van der Waals surface area contributed by atoms with E-state index in [4.69, 9.17) is 5.11 Å². The third-order valence-electron chi connectivity index (χ3n) is 3.73. The molecule has 1 aliphatic carbocycles. The van der Waals surface area contributed by atoms with Gasteiger partial charge in [0.2, 0.25) is 10.0 Å². The average molecular weight is 297 g/mol. The van der Waals surface area contributed by atoms with Gasteiger partial charge in [0.1, 0.15) is 0 Å². The van der Waals surface area contributed by atoms with Crippen molar-refractivity contribution in [3.63, 3.8) is 0 Å². The lowest BCUT2D eigenvalue weighted by Crippen LogP contribution is -2.40. The first-order valence-electron chi connectivity index (χ1n) is 6.71. The Hall–Kier alpha value is -1.40. The van der Waals surface area contributed by atoms with Crippen molar-refractivity contribution in [1.29, 1.82) is 0 Å². The normalized spacial score (nSPS) is 23.4. The van der Waals surface area contributed by atoms with Gasteiger partial charge in [-0.05, 0) is 37.8 Å². The van der Waals surface area contributed by atoms with Crippen LogP contribution in [0.15, 0.2) is 29.2 Å². The maximum atomic E-state index is 12.3. The van der Waals surface area contributed by atoms with Gasteiger partial charge in [-0.25, -0.2) is 13.1 Å². The van der Waals surface area contributed by atoms with Crippen molar-refractivity contribution in [1.82, 2.24) is 4.72 Å². The maximum absolute atomic E-state index is 12.3. The van der Waals surface area contributed by atoms with Crippen LogP contribution in [0.1, 0.15) is 31.2 Å². The molecule has 1 saturated carbocycles. The minimum Gasteiger partial charge on any atom is -0.481 e. The molecule has 0 aromatic heterocycles. The highest BCUT2D eigenvalue weighted by molar-refractivity contribution is 7.89. The van der Waals surface area contributed by atoms with Gasteiger partial charge in [-0.15, -0.1) is 0 Å². The van der Waals surface area contributed by atoms with Crippen molar-refractivity contribution in [2.75, 3.05) is 0 Å². The van der Waals surface area contributed by atoms with Crippen LogP contribution < -0.4 is 4.72 Å². The molecule has 0 radical (unpaired) electrons. The molecule has 1 aliphatic rings. The Kier molecular flexibility index (Phi) is 4.45. The van der Waals surface area contributed by atoms with Crippen LogP contribution in [0.25, 0.3) is 0 Å². The molecular formula is C14H19NO4S. The van der Waals surface area contributed by atoms with Gasteiger partial charge in [0.05, 0.1) is 10.8 Å². The van der Waals surface area contributed by atoms with Crippen LogP contribution in [0.3, 0.4) is 0 Å². The second-order valence-corrected chi connectivity index (χ2v) is 6.97. The number of benzene rings is 1. The van der Waals surface area contributed by atoms with Crippen molar-refractivity contribution in [2.45, 2.75) is 43.5 Å². The Labute approximate surface area is 119 Å². The zero-order chi connectivity index (χ0) is 14.8. The van der Waals surface area contributed by atoms with Gasteiger partial charge in [0, 0.05) is 6.04 Å². The van der Waals surface area contributed by atoms with Gasteiger partial charge >= 0.3 is 5.97 Å². The number of nitrogens with one attached hydrogen (secondary N) is 1. The minimum atomic E-state index is -3.58. The summed E-state index contributed by atoms with van der Waals surface area (Å²) in [5.41, 5.74) is 0.686. The molecule has 20 heavy (non-hydrogen) atoms. The Balaban J connectivity index is 2.13. The van der Waals surface area contributed by atoms with Crippen molar-refractivity contribution < 1.29 is 18.3 Å². The van der Waals surface area contributed by atoms with E-state index in [1.807, 2.05) is 0 Å². The number of hydrogen-bond donors (Lipinski definition) is 2. The van der Waals surface area contributed by atoms with Crippen molar-refractivity contribution in [3.8, 4) is 0 Å². The van der Waals surface area contributed by atoms with Gasteiger partial charge < -0.3 is 5.11 Å². The molecule has 5 nitrogen and oxygen atoms in total. The van der Waals surface area contributed by atoms with E-state index in [1.54, 1.807) is 31.2 Å². The van der Waals surface area contributed by atoms with Crippen LogP contribution in [-0.2, 0) is 14.8 Å². The molecule has 2 N–H and O–H groups in total. The summed E-state index contributed by atoms with van der Waals surface area (Å²) in [6.07, 6.45) is 2.41. The average Bonchev–Trinajstić information content (AvgIpc) is 2.38. The summed E-state index contributed by atoms with van der Waals surface area (Å²) in [5, 5.41) is 9.04. The molecule has 0 amide bonds. The lowest BCUT2D eigenvalue weighted by Gasteiger charge is -2.27. The van der Waals surface area contributed by atoms with Crippen molar-refractivity contribution >= 4 is 16.0 Å². The molecule has 0 aliphatic heterocycles. The molecule has 1 aromatic carbocycles. The number of aliphatic carboxylic acids is 1. The molecule has 0 heterocycles. The first kappa shape index (κ1) is 15.0.